The number of hydrogen-bond donors (Lipinski definition) is 2. The van der Waals surface area contributed by atoms with Crippen LogP contribution < -0.4 is 0 Å². The lowest BCUT2D eigenvalue weighted by Crippen LogP contribution is -1.85. The van der Waals surface area contributed by atoms with Gasteiger partial charge in [0.1, 0.15) is 21.5 Å². The normalized spacial score (nSPS) is 11.5. The molecular formula is C20H12Br2N2O3. The quantitative estimate of drug-likeness (QED) is 0.338. The fourth-order valence-corrected chi connectivity index (χ4v) is 3.70. The highest BCUT2D eigenvalue weighted by atomic mass is 79.9. The summed E-state index contributed by atoms with van der Waals surface area (Å²) >= 11 is 6.38. The van der Waals surface area contributed by atoms with Gasteiger partial charge >= 0.3 is 0 Å². The fraction of sp³-hybridized carbons (Fsp3) is 0. The van der Waals surface area contributed by atoms with E-state index in [9.17, 15) is 10.2 Å². The minimum atomic E-state index is -0.0810. The molecule has 134 valence electrons. The summed E-state index contributed by atoms with van der Waals surface area (Å²) < 4.78 is 6.43. The predicted molar refractivity (Wildman–Crippen MR) is 112 cm³/mol. The van der Waals surface area contributed by atoms with Crippen LogP contribution in [0.1, 0.15) is 5.56 Å². The molecule has 0 atom stereocenters. The maximum absolute atomic E-state index is 10.1. The van der Waals surface area contributed by atoms with Gasteiger partial charge in [-0.1, -0.05) is 12.1 Å². The highest BCUT2D eigenvalue weighted by molar-refractivity contribution is 9.11. The summed E-state index contributed by atoms with van der Waals surface area (Å²) in [6.45, 7) is 0. The predicted octanol–water partition coefficient (Wildman–Crippen LogP) is 6.18. The van der Waals surface area contributed by atoms with Gasteiger partial charge in [-0.25, -0.2) is 4.98 Å². The number of aliphatic imine (C=N–C) groups is 1. The number of hydrogen-bond acceptors (Lipinski definition) is 5. The van der Waals surface area contributed by atoms with E-state index in [4.69, 9.17) is 4.42 Å². The molecule has 5 nitrogen and oxygen atoms in total. The van der Waals surface area contributed by atoms with Crippen LogP contribution in [0.2, 0.25) is 0 Å². The lowest BCUT2D eigenvalue weighted by atomic mass is 10.2. The van der Waals surface area contributed by atoms with Gasteiger partial charge in [0.15, 0.2) is 5.58 Å². The molecule has 0 amide bonds. The van der Waals surface area contributed by atoms with E-state index in [1.54, 1.807) is 6.07 Å². The van der Waals surface area contributed by atoms with Crippen molar-refractivity contribution in [3.05, 3.63) is 69.1 Å². The number of aromatic nitrogens is 1. The van der Waals surface area contributed by atoms with Crippen molar-refractivity contribution in [2.24, 2.45) is 4.99 Å². The van der Waals surface area contributed by atoms with Crippen molar-refractivity contribution in [1.29, 1.82) is 0 Å². The van der Waals surface area contributed by atoms with Crippen LogP contribution in [-0.2, 0) is 0 Å². The summed E-state index contributed by atoms with van der Waals surface area (Å²) in [6.07, 6.45) is 1.53. The average Bonchev–Trinajstić information content (AvgIpc) is 3.13. The molecule has 4 rings (SSSR count). The Morgan fingerprint density at radius 1 is 0.963 bits per heavy atom. The van der Waals surface area contributed by atoms with E-state index in [1.807, 2.05) is 48.5 Å². The van der Waals surface area contributed by atoms with E-state index in [0.717, 1.165) is 16.7 Å². The van der Waals surface area contributed by atoms with Crippen LogP contribution in [0.4, 0.5) is 5.69 Å². The topological polar surface area (TPSA) is 78.9 Å². The van der Waals surface area contributed by atoms with Crippen LogP contribution in [0.3, 0.4) is 0 Å². The minimum absolute atomic E-state index is 0.0627. The zero-order chi connectivity index (χ0) is 19.0. The van der Waals surface area contributed by atoms with Crippen molar-refractivity contribution < 1.29 is 14.6 Å². The van der Waals surface area contributed by atoms with Crippen molar-refractivity contribution in [2.45, 2.75) is 0 Å². The average molecular weight is 488 g/mol. The number of phenolic OH excluding ortho intramolecular Hbond substituents is 2. The summed E-state index contributed by atoms with van der Waals surface area (Å²) in [4.78, 5) is 8.84. The first-order chi connectivity index (χ1) is 13.0. The summed E-state index contributed by atoms with van der Waals surface area (Å²) in [7, 11) is 0. The molecule has 0 aliphatic rings. The van der Waals surface area contributed by atoms with Crippen LogP contribution in [0.25, 0.3) is 22.6 Å². The zero-order valence-corrected chi connectivity index (χ0v) is 16.9. The maximum atomic E-state index is 10.1. The second kappa shape index (κ2) is 7.17. The first-order valence-electron chi connectivity index (χ1n) is 7.93. The molecule has 1 aromatic heterocycles. The Balaban J connectivity index is 1.60. The lowest BCUT2D eigenvalue weighted by Gasteiger charge is -2.06. The van der Waals surface area contributed by atoms with E-state index in [0.29, 0.717) is 21.6 Å². The summed E-state index contributed by atoms with van der Waals surface area (Å²) in [5.74, 6) is 0.408. The molecule has 0 fully saturated rings. The molecule has 0 saturated heterocycles. The summed E-state index contributed by atoms with van der Waals surface area (Å²) in [6, 6.07) is 16.6. The molecule has 0 aliphatic heterocycles. The number of halogens is 2. The number of nitrogens with zero attached hydrogens (tertiary/aromatic N) is 2. The zero-order valence-electron chi connectivity index (χ0n) is 13.7. The molecule has 1 heterocycles. The number of benzene rings is 3. The van der Waals surface area contributed by atoms with E-state index in [-0.39, 0.29) is 16.0 Å². The second-order valence-corrected chi connectivity index (χ2v) is 7.40. The fourth-order valence-electron chi connectivity index (χ4n) is 2.55. The van der Waals surface area contributed by atoms with E-state index >= 15 is 0 Å². The largest absolute Gasteiger partial charge is 0.506 e. The lowest BCUT2D eigenvalue weighted by molar-refractivity contribution is 0.442. The maximum Gasteiger partial charge on any atom is 0.227 e. The summed E-state index contributed by atoms with van der Waals surface area (Å²) in [5, 5.41) is 19.9. The molecular weight excluding hydrogens is 476 g/mol. The van der Waals surface area contributed by atoms with Crippen molar-refractivity contribution in [1.82, 2.24) is 4.98 Å². The van der Waals surface area contributed by atoms with E-state index in [1.165, 1.54) is 6.21 Å². The van der Waals surface area contributed by atoms with Gasteiger partial charge in [0, 0.05) is 17.3 Å². The number of para-hydroxylation sites is 2. The molecule has 3 aromatic carbocycles. The van der Waals surface area contributed by atoms with Gasteiger partial charge in [0.2, 0.25) is 5.89 Å². The van der Waals surface area contributed by atoms with Crippen LogP contribution in [0.15, 0.2) is 73.0 Å². The number of oxazole rings is 1. The molecule has 0 saturated carbocycles. The second-order valence-electron chi connectivity index (χ2n) is 5.75. The van der Waals surface area contributed by atoms with Crippen molar-refractivity contribution in [2.75, 3.05) is 0 Å². The first-order valence-corrected chi connectivity index (χ1v) is 9.51. The third-order valence-corrected chi connectivity index (χ3v) is 5.31. The first kappa shape index (κ1) is 17.8. The molecule has 0 spiro atoms. The monoisotopic (exact) mass is 486 g/mol. The van der Waals surface area contributed by atoms with Crippen LogP contribution >= 0.6 is 31.9 Å². The van der Waals surface area contributed by atoms with Crippen LogP contribution in [-0.4, -0.2) is 21.4 Å². The molecule has 0 radical (unpaired) electrons. The summed E-state index contributed by atoms with van der Waals surface area (Å²) in [5.41, 5.74) is 3.58. The third-order valence-electron chi connectivity index (χ3n) is 3.96. The number of phenols is 2. The van der Waals surface area contributed by atoms with Gasteiger partial charge in [-0.15, -0.1) is 0 Å². The van der Waals surface area contributed by atoms with Gasteiger partial charge in [-0.2, -0.15) is 0 Å². The van der Waals surface area contributed by atoms with Gasteiger partial charge in [0.05, 0.1) is 10.2 Å². The molecule has 0 unspecified atom stereocenters. The van der Waals surface area contributed by atoms with Gasteiger partial charge < -0.3 is 14.6 Å². The molecule has 0 aliphatic carbocycles. The molecule has 27 heavy (non-hydrogen) atoms. The van der Waals surface area contributed by atoms with Gasteiger partial charge in [-0.05, 0) is 74.3 Å². The van der Waals surface area contributed by atoms with Crippen molar-refractivity contribution in [3.8, 4) is 23.0 Å². The molecule has 0 bridgehead atoms. The Kier molecular flexibility index (Phi) is 4.72. The Morgan fingerprint density at radius 3 is 2.44 bits per heavy atom. The Hall–Kier alpha value is -2.64. The van der Waals surface area contributed by atoms with Crippen LogP contribution in [0.5, 0.6) is 11.5 Å². The number of rotatable bonds is 3. The highest BCUT2D eigenvalue weighted by Crippen LogP contribution is 2.40. The van der Waals surface area contributed by atoms with Gasteiger partial charge in [0.25, 0.3) is 0 Å². The third kappa shape index (κ3) is 3.48. The Bertz CT molecular complexity index is 1140. The Morgan fingerprint density at radius 2 is 1.70 bits per heavy atom. The number of aromatic hydroxyl groups is 2. The van der Waals surface area contributed by atoms with Crippen molar-refractivity contribution >= 4 is 54.9 Å². The van der Waals surface area contributed by atoms with Gasteiger partial charge in [-0.3, -0.25) is 4.99 Å². The molecule has 7 heteroatoms. The Labute approximate surface area is 171 Å². The minimum Gasteiger partial charge on any atom is -0.506 e. The highest BCUT2D eigenvalue weighted by Gasteiger charge is 2.13. The van der Waals surface area contributed by atoms with E-state index in [2.05, 4.69) is 41.8 Å². The van der Waals surface area contributed by atoms with Crippen molar-refractivity contribution in [3.63, 3.8) is 0 Å². The molecule has 2 N–H and O–H groups in total. The van der Waals surface area contributed by atoms with E-state index < -0.39 is 0 Å². The number of fused-ring (bicyclic) bond motifs is 1. The molecule has 4 aromatic rings. The smallest absolute Gasteiger partial charge is 0.227 e. The standard InChI is InChI=1S/C20H12Br2N2O3/c21-14-9-12(18(25)17(22)19(14)26)10-23-13-7-5-11(6-8-13)20-24-15-3-1-2-4-16(15)27-20/h1-10,25-26H/b23-10+. The SMILES string of the molecule is Oc1c(Br)cc(/C=N/c2ccc(-c3nc4ccccc4o3)cc2)c(O)c1Br. The van der Waals surface area contributed by atoms with Crippen LogP contribution in [0, 0.1) is 0 Å².